The number of nitrogens with one attached hydrogen (secondary N) is 1. The van der Waals surface area contributed by atoms with Crippen LogP contribution in [0.4, 0.5) is 4.39 Å². The first-order valence-electron chi connectivity index (χ1n) is 8.58. The van der Waals surface area contributed by atoms with E-state index in [1.54, 1.807) is 24.4 Å². The number of nitrogens with zero attached hydrogens (tertiary/aromatic N) is 2. The summed E-state index contributed by atoms with van der Waals surface area (Å²) in [4.78, 5) is 17.1. The van der Waals surface area contributed by atoms with Gasteiger partial charge in [0.2, 0.25) is 0 Å². The molecule has 1 unspecified atom stereocenters. The maximum Gasteiger partial charge on any atom is 0.255 e. The quantitative estimate of drug-likeness (QED) is 0.783. The summed E-state index contributed by atoms with van der Waals surface area (Å²) in [5, 5.41) is 3.07. The Morgan fingerprint density at radius 3 is 2.68 bits per heavy atom. The van der Waals surface area contributed by atoms with Crippen molar-refractivity contribution in [3.63, 3.8) is 0 Å². The van der Waals surface area contributed by atoms with Crippen LogP contribution in [0.2, 0.25) is 0 Å². The molecule has 0 saturated heterocycles. The summed E-state index contributed by atoms with van der Waals surface area (Å²) in [5.74, 6) is 0.265. The van der Waals surface area contributed by atoms with Gasteiger partial charge in [-0.3, -0.25) is 4.79 Å². The lowest BCUT2D eigenvalue weighted by Crippen LogP contribution is -2.34. The second-order valence-corrected chi connectivity index (χ2v) is 6.79. The summed E-state index contributed by atoms with van der Waals surface area (Å²) in [5.41, 5.74) is 4.01. The highest BCUT2D eigenvalue weighted by Gasteiger charge is 2.29. The fraction of sp³-hybridized carbons (Fsp3) is 0.300. The molecular weight excluding hydrogens is 317 g/mol. The topological polar surface area (TPSA) is 46.4 Å². The van der Waals surface area contributed by atoms with Gasteiger partial charge in [-0.1, -0.05) is 12.1 Å². The van der Waals surface area contributed by atoms with Crippen LogP contribution in [0, 0.1) is 18.7 Å². The van der Waals surface area contributed by atoms with Crippen LogP contribution in [0.25, 0.3) is 16.8 Å². The van der Waals surface area contributed by atoms with Gasteiger partial charge >= 0.3 is 0 Å². The van der Waals surface area contributed by atoms with Crippen molar-refractivity contribution in [1.29, 1.82) is 0 Å². The number of aryl methyl sites for hydroxylation is 1. The number of carbonyl (C=O) groups is 1. The van der Waals surface area contributed by atoms with Crippen molar-refractivity contribution in [2.75, 3.05) is 0 Å². The molecule has 2 heterocycles. The monoisotopic (exact) mass is 337 g/mol. The third kappa shape index (κ3) is 2.90. The summed E-state index contributed by atoms with van der Waals surface area (Å²) in [6.45, 7) is 4.03. The van der Waals surface area contributed by atoms with E-state index in [1.165, 1.54) is 25.0 Å². The van der Waals surface area contributed by atoms with E-state index in [-0.39, 0.29) is 17.8 Å². The van der Waals surface area contributed by atoms with Crippen LogP contribution < -0.4 is 5.32 Å². The van der Waals surface area contributed by atoms with Gasteiger partial charge in [0.25, 0.3) is 5.91 Å². The molecule has 1 aliphatic carbocycles. The molecule has 4 rings (SSSR count). The van der Waals surface area contributed by atoms with Crippen molar-refractivity contribution in [2.24, 2.45) is 5.92 Å². The van der Waals surface area contributed by atoms with Crippen LogP contribution >= 0.6 is 0 Å². The van der Waals surface area contributed by atoms with Gasteiger partial charge in [-0.15, -0.1) is 0 Å². The number of carbonyl (C=O) groups excluding carboxylic acids is 1. The first-order chi connectivity index (χ1) is 12.0. The Kier molecular flexibility index (Phi) is 3.79. The Morgan fingerprint density at radius 1 is 1.28 bits per heavy atom. The molecule has 0 aliphatic heterocycles. The summed E-state index contributed by atoms with van der Waals surface area (Å²) >= 11 is 0. The van der Waals surface area contributed by atoms with Gasteiger partial charge in [-0.25, -0.2) is 9.37 Å². The standard InChI is InChI=1S/C20H20FN3O/c1-12(14-3-4-14)23-20(25)17-9-10-24-13(2)18(11-22-19(17)24)15-5-7-16(21)8-6-15/h5-12,14H,3-4H2,1-2H3,(H,23,25). The highest BCUT2D eigenvalue weighted by Crippen LogP contribution is 2.32. The van der Waals surface area contributed by atoms with E-state index >= 15 is 0 Å². The predicted octanol–water partition coefficient (Wildman–Crippen LogP) is 3.98. The second-order valence-electron chi connectivity index (χ2n) is 6.79. The zero-order valence-corrected chi connectivity index (χ0v) is 14.3. The number of hydrogen-bond donors (Lipinski definition) is 1. The zero-order valence-electron chi connectivity index (χ0n) is 14.3. The molecule has 0 spiro atoms. The van der Waals surface area contributed by atoms with Gasteiger partial charge in [0.1, 0.15) is 11.5 Å². The zero-order chi connectivity index (χ0) is 17.6. The van der Waals surface area contributed by atoms with Crippen LogP contribution in [-0.4, -0.2) is 21.3 Å². The van der Waals surface area contributed by atoms with Gasteiger partial charge in [-0.05, 0) is 56.4 Å². The number of rotatable bonds is 4. The third-order valence-electron chi connectivity index (χ3n) is 5.01. The van der Waals surface area contributed by atoms with Crippen LogP contribution in [0.5, 0.6) is 0 Å². The molecule has 5 heteroatoms. The minimum absolute atomic E-state index is 0.0802. The van der Waals surface area contributed by atoms with Gasteiger partial charge in [0.15, 0.2) is 0 Å². The van der Waals surface area contributed by atoms with Crippen LogP contribution in [0.3, 0.4) is 0 Å². The number of halogens is 1. The molecule has 1 atom stereocenters. The summed E-state index contributed by atoms with van der Waals surface area (Å²) in [6.07, 6.45) is 5.99. The fourth-order valence-corrected chi connectivity index (χ4v) is 3.26. The van der Waals surface area contributed by atoms with Gasteiger partial charge in [-0.2, -0.15) is 0 Å². The van der Waals surface area contributed by atoms with Crippen LogP contribution in [-0.2, 0) is 0 Å². The molecule has 0 radical (unpaired) electrons. The number of hydrogen-bond acceptors (Lipinski definition) is 2. The van der Waals surface area contributed by atoms with Crippen molar-refractivity contribution >= 4 is 11.6 Å². The molecule has 25 heavy (non-hydrogen) atoms. The highest BCUT2D eigenvalue weighted by atomic mass is 19.1. The average molecular weight is 337 g/mol. The Labute approximate surface area is 145 Å². The molecule has 128 valence electrons. The molecule has 1 aliphatic rings. The molecule has 1 aromatic carbocycles. The molecule has 1 amide bonds. The molecular formula is C20H20FN3O. The van der Waals surface area contributed by atoms with E-state index in [0.29, 0.717) is 17.1 Å². The van der Waals surface area contributed by atoms with E-state index in [9.17, 15) is 9.18 Å². The van der Waals surface area contributed by atoms with Crippen molar-refractivity contribution in [3.05, 3.63) is 59.8 Å². The molecule has 3 aromatic rings. The smallest absolute Gasteiger partial charge is 0.255 e. The summed E-state index contributed by atoms with van der Waals surface area (Å²) in [6, 6.07) is 8.35. The first-order valence-corrected chi connectivity index (χ1v) is 8.58. The number of aromatic nitrogens is 2. The number of fused-ring (bicyclic) bond motifs is 1. The van der Waals surface area contributed by atoms with Crippen LogP contribution in [0.1, 0.15) is 35.8 Å². The number of amides is 1. The highest BCUT2D eigenvalue weighted by molar-refractivity contribution is 6.00. The summed E-state index contributed by atoms with van der Waals surface area (Å²) < 4.78 is 15.1. The van der Waals surface area contributed by atoms with Crippen molar-refractivity contribution < 1.29 is 9.18 Å². The van der Waals surface area contributed by atoms with Crippen molar-refractivity contribution in [2.45, 2.75) is 32.7 Å². The van der Waals surface area contributed by atoms with Crippen LogP contribution in [0.15, 0.2) is 42.7 Å². The molecule has 4 nitrogen and oxygen atoms in total. The lowest BCUT2D eigenvalue weighted by atomic mass is 10.1. The van der Waals surface area contributed by atoms with Crippen molar-refractivity contribution in [1.82, 2.24) is 14.7 Å². The Hall–Kier alpha value is -2.69. The van der Waals surface area contributed by atoms with E-state index in [2.05, 4.69) is 17.2 Å². The fourth-order valence-electron chi connectivity index (χ4n) is 3.26. The largest absolute Gasteiger partial charge is 0.349 e. The van der Waals surface area contributed by atoms with E-state index in [1.807, 2.05) is 17.5 Å². The number of benzene rings is 1. The minimum Gasteiger partial charge on any atom is -0.349 e. The lowest BCUT2D eigenvalue weighted by Gasteiger charge is -2.13. The molecule has 2 aromatic heterocycles. The maximum atomic E-state index is 13.1. The van der Waals surface area contributed by atoms with Crippen molar-refractivity contribution in [3.8, 4) is 11.1 Å². The minimum atomic E-state index is -0.264. The SMILES string of the molecule is Cc1c(-c2ccc(F)cc2)cnc2c(C(=O)NC(C)C3CC3)ccn12. The van der Waals surface area contributed by atoms with Gasteiger partial charge in [0.05, 0.1) is 5.56 Å². The van der Waals surface area contributed by atoms with E-state index < -0.39 is 0 Å². The molecule has 0 bridgehead atoms. The predicted molar refractivity (Wildman–Crippen MR) is 95.0 cm³/mol. The van der Waals surface area contributed by atoms with Gasteiger partial charge < -0.3 is 9.72 Å². The second kappa shape index (κ2) is 5.99. The lowest BCUT2D eigenvalue weighted by molar-refractivity contribution is 0.0937. The molecule has 1 saturated carbocycles. The average Bonchev–Trinajstić information content (AvgIpc) is 3.35. The Bertz CT molecular complexity index is 941. The van der Waals surface area contributed by atoms with Gasteiger partial charge in [0, 0.05) is 29.7 Å². The van der Waals surface area contributed by atoms with E-state index in [0.717, 1.165) is 16.8 Å². The van der Waals surface area contributed by atoms with E-state index in [4.69, 9.17) is 0 Å². The Balaban J connectivity index is 1.69. The Morgan fingerprint density at radius 2 is 2.00 bits per heavy atom. The third-order valence-corrected chi connectivity index (χ3v) is 5.01. The normalized spacial score (nSPS) is 15.3. The summed E-state index contributed by atoms with van der Waals surface area (Å²) in [7, 11) is 0. The molecule has 1 fully saturated rings. The molecule has 1 N–H and O–H groups in total. The first kappa shape index (κ1) is 15.8. The maximum absolute atomic E-state index is 13.1.